The van der Waals surface area contributed by atoms with Gasteiger partial charge in [-0.05, 0) is 50.3 Å². The Morgan fingerprint density at radius 1 is 1.41 bits per heavy atom. The smallest absolute Gasteiger partial charge is 0.255 e. The zero-order valence-corrected chi connectivity index (χ0v) is 13.3. The Kier molecular flexibility index (Phi) is 3.18. The van der Waals surface area contributed by atoms with Gasteiger partial charge in [0.1, 0.15) is 10.8 Å². The molecule has 0 spiro atoms. The summed E-state index contributed by atoms with van der Waals surface area (Å²) in [5.41, 5.74) is 3.07. The van der Waals surface area contributed by atoms with Crippen LogP contribution in [0.2, 0.25) is 0 Å². The number of amides is 1. The molecule has 22 heavy (non-hydrogen) atoms. The van der Waals surface area contributed by atoms with Crippen molar-refractivity contribution < 1.29 is 9.59 Å². The van der Waals surface area contributed by atoms with Gasteiger partial charge in [-0.25, -0.2) is 0 Å². The number of nitrogens with zero attached hydrogens (tertiary/aromatic N) is 1. The number of thiophene rings is 1. The second-order valence-electron chi connectivity index (χ2n) is 6.13. The summed E-state index contributed by atoms with van der Waals surface area (Å²) in [6, 6.07) is 3.75. The molecule has 1 atom stereocenters. The summed E-state index contributed by atoms with van der Waals surface area (Å²) in [5.74, 6) is 0.0645. The summed E-state index contributed by atoms with van der Waals surface area (Å²) < 4.78 is 2.10. The lowest BCUT2D eigenvalue weighted by molar-refractivity contribution is -0.117. The fraction of sp³-hybridized carbons (Fsp3) is 0.412. The van der Waals surface area contributed by atoms with E-state index in [4.69, 9.17) is 0 Å². The molecule has 0 fully saturated rings. The molecule has 4 rings (SSSR count). The van der Waals surface area contributed by atoms with Crippen molar-refractivity contribution in [1.82, 2.24) is 9.88 Å². The normalized spacial score (nSPS) is 19.7. The average molecular weight is 314 g/mol. The Balaban J connectivity index is 1.89. The number of aryl methyl sites for hydroxylation is 1. The van der Waals surface area contributed by atoms with E-state index in [1.165, 1.54) is 16.9 Å². The number of carbonyl (C=O) groups excluding carboxylic acids is 2. The fourth-order valence-electron chi connectivity index (χ4n) is 3.57. The molecular weight excluding hydrogens is 296 g/mol. The van der Waals surface area contributed by atoms with Crippen LogP contribution in [0.3, 0.4) is 0 Å². The van der Waals surface area contributed by atoms with E-state index >= 15 is 0 Å². The highest BCUT2D eigenvalue weighted by Crippen LogP contribution is 2.40. The highest BCUT2D eigenvalue weighted by atomic mass is 32.1. The van der Waals surface area contributed by atoms with Gasteiger partial charge in [0.15, 0.2) is 0 Å². The van der Waals surface area contributed by atoms with Crippen molar-refractivity contribution in [3.63, 3.8) is 0 Å². The maximum Gasteiger partial charge on any atom is 0.255 e. The first-order valence-electron chi connectivity index (χ1n) is 7.77. The van der Waals surface area contributed by atoms with Crippen LogP contribution in [-0.2, 0) is 17.6 Å². The number of hydrogen-bond acceptors (Lipinski definition) is 3. The third-order valence-corrected chi connectivity index (χ3v) is 5.82. The summed E-state index contributed by atoms with van der Waals surface area (Å²) in [6.45, 7) is 1.57. The number of hydrogen-bond donors (Lipinski definition) is 1. The molecule has 114 valence electrons. The first-order valence-corrected chi connectivity index (χ1v) is 8.59. The lowest BCUT2D eigenvalue weighted by atomic mass is 9.95. The van der Waals surface area contributed by atoms with E-state index in [2.05, 4.69) is 9.88 Å². The van der Waals surface area contributed by atoms with Crippen LogP contribution in [0.1, 0.15) is 58.7 Å². The Bertz CT molecular complexity index is 772. The Morgan fingerprint density at radius 2 is 2.23 bits per heavy atom. The molecule has 2 aromatic heterocycles. The van der Waals surface area contributed by atoms with Gasteiger partial charge in [0.2, 0.25) is 0 Å². The van der Waals surface area contributed by atoms with Crippen LogP contribution in [0.5, 0.6) is 0 Å². The maximum atomic E-state index is 12.8. The van der Waals surface area contributed by atoms with E-state index in [1.54, 1.807) is 18.3 Å². The van der Waals surface area contributed by atoms with Crippen LogP contribution in [0, 0.1) is 0 Å². The van der Waals surface area contributed by atoms with Crippen LogP contribution in [0.4, 0.5) is 0 Å². The van der Waals surface area contributed by atoms with E-state index in [-0.39, 0.29) is 17.7 Å². The maximum absolute atomic E-state index is 12.8. The average Bonchev–Trinajstić information content (AvgIpc) is 3.07. The van der Waals surface area contributed by atoms with Gasteiger partial charge in [0.25, 0.3) is 5.91 Å². The molecular formula is C17H18N2O2S. The number of nitrogens with one attached hydrogen (secondary N) is 1. The van der Waals surface area contributed by atoms with Gasteiger partial charge in [-0.1, -0.05) is 0 Å². The zero-order chi connectivity index (χ0) is 15.3. The lowest BCUT2D eigenvalue weighted by Crippen LogP contribution is -2.29. The molecule has 4 nitrogen and oxygen atoms in total. The highest BCUT2D eigenvalue weighted by Gasteiger charge is 2.32. The van der Waals surface area contributed by atoms with Crippen molar-refractivity contribution in [3.05, 3.63) is 40.0 Å². The molecule has 0 saturated heterocycles. The van der Waals surface area contributed by atoms with Crippen LogP contribution < -0.4 is 5.32 Å². The number of rotatable bonds is 2. The number of aromatic nitrogens is 1. The van der Waals surface area contributed by atoms with Gasteiger partial charge in [0, 0.05) is 23.2 Å². The molecule has 3 heterocycles. The second-order valence-corrected chi connectivity index (χ2v) is 7.21. The summed E-state index contributed by atoms with van der Waals surface area (Å²) in [4.78, 5) is 25.7. The topological polar surface area (TPSA) is 51.1 Å². The third kappa shape index (κ3) is 2.03. The van der Waals surface area contributed by atoms with Crippen molar-refractivity contribution >= 4 is 23.0 Å². The lowest BCUT2D eigenvalue weighted by Gasteiger charge is -2.17. The molecule has 0 bridgehead atoms. The van der Waals surface area contributed by atoms with Gasteiger partial charge >= 0.3 is 0 Å². The minimum atomic E-state index is -0.237. The summed E-state index contributed by atoms with van der Waals surface area (Å²) in [5, 5.41) is 4.09. The first kappa shape index (κ1) is 13.8. The molecule has 1 amide bonds. The number of ketones is 1. The number of fused-ring (bicyclic) bond motifs is 5. The molecule has 1 aliphatic carbocycles. The minimum Gasteiger partial charge on any atom is -0.343 e. The Hall–Kier alpha value is -1.88. The van der Waals surface area contributed by atoms with Gasteiger partial charge < -0.3 is 9.88 Å². The minimum absolute atomic E-state index is 0.0238. The molecule has 2 aromatic rings. The predicted molar refractivity (Wildman–Crippen MR) is 85.8 cm³/mol. The van der Waals surface area contributed by atoms with Crippen molar-refractivity contribution in [2.24, 2.45) is 0 Å². The molecule has 2 aliphatic rings. The van der Waals surface area contributed by atoms with Crippen molar-refractivity contribution in [3.8, 4) is 5.00 Å². The van der Waals surface area contributed by atoms with Gasteiger partial charge in [0.05, 0.1) is 11.6 Å². The number of carbonyl (C=O) groups is 2. The van der Waals surface area contributed by atoms with E-state index < -0.39 is 0 Å². The van der Waals surface area contributed by atoms with E-state index in [1.807, 2.05) is 18.3 Å². The fourth-order valence-corrected chi connectivity index (χ4v) is 4.96. The van der Waals surface area contributed by atoms with Crippen molar-refractivity contribution in [2.45, 2.75) is 45.1 Å². The molecule has 1 unspecified atom stereocenters. The van der Waals surface area contributed by atoms with Gasteiger partial charge in [-0.3, -0.25) is 9.59 Å². The monoisotopic (exact) mass is 314 g/mol. The van der Waals surface area contributed by atoms with Crippen molar-refractivity contribution in [2.75, 3.05) is 0 Å². The molecule has 1 N–H and O–H groups in total. The van der Waals surface area contributed by atoms with Gasteiger partial charge in [-0.2, -0.15) is 0 Å². The standard InChI is InChI=1S/C17H18N2O2S/c1-10(20)9-12-13-6-4-8-19(13)17-15(16(21)18-12)11-5-2-3-7-14(11)22-17/h4,6,8,12H,2-3,5,7,9H2,1H3,(H,18,21). The summed E-state index contributed by atoms with van der Waals surface area (Å²) >= 11 is 1.74. The SMILES string of the molecule is CC(=O)CC1NC(=O)c2c(sc3c2CCCC3)-n2cccc21. The molecule has 0 aromatic carbocycles. The molecule has 0 radical (unpaired) electrons. The summed E-state index contributed by atoms with van der Waals surface area (Å²) in [6.07, 6.45) is 6.77. The Morgan fingerprint density at radius 3 is 3.05 bits per heavy atom. The van der Waals surface area contributed by atoms with E-state index in [9.17, 15) is 9.59 Å². The molecule has 1 aliphatic heterocycles. The molecule has 5 heteroatoms. The summed E-state index contributed by atoms with van der Waals surface area (Å²) in [7, 11) is 0. The van der Waals surface area contributed by atoms with Crippen LogP contribution in [0.25, 0.3) is 5.00 Å². The van der Waals surface area contributed by atoms with Crippen LogP contribution in [-0.4, -0.2) is 16.3 Å². The third-order valence-electron chi connectivity index (χ3n) is 4.53. The predicted octanol–water partition coefficient (Wildman–Crippen LogP) is 3.18. The quantitative estimate of drug-likeness (QED) is 0.925. The highest BCUT2D eigenvalue weighted by molar-refractivity contribution is 7.15. The van der Waals surface area contributed by atoms with Crippen LogP contribution in [0.15, 0.2) is 18.3 Å². The molecule has 0 saturated carbocycles. The van der Waals surface area contributed by atoms with E-state index in [0.717, 1.165) is 35.5 Å². The zero-order valence-electron chi connectivity index (χ0n) is 12.5. The van der Waals surface area contributed by atoms with Gasteiger partial charge in [-0.15, -0.1) is 11.3 Å². The van der Waals surface area contributed by atoms with Crippen LogP contribution >= 0.6 is 11.3 Å². The van der Waals surface area contributed by atoms with E-state index in [0.29, 0.717) is 6.42 Å². The largest absolute Gasteiger partial charge is 0.343 e. The first-order chi connectivity index (χ1) is 10.6. The second kappa shape index (κ2) is 5.09. The Labute approximate surface area is 133 Å². The van der Waals surface area contributed by atoms with Crippen molar-refractivity contribution in [1.29, 1.82) is 0 Å². The number of Topliss-reactive ketones (excluding diaryl/α,β-unsaturated/α-hetero) is 1.